The van der Waals surface area contributed by atoms with Crippen LogP contribution < -0.4 is 10.0 Å². The summed E-state index contributed by atoms with van der Waals surface area (Å²) in [4.78, 5) is 4.21. The van der Waals surface area contributed by atoms with Gasteiger partial charge in [0.1, 0.15) is 0 Å². The number of nitrogens with zero attached hydrogens (tertiary/aromatic N) is 2. The van der Waals surface area contributed by atoms with Crippen molar-refractivity contribution in [3.63, 3.8) is 0 Å². The van der Waals surface area contributed by atoms with Crippen LogP contribution in [0.4, 0.5) is 30.4 Å². The lowest BCUT2D eigenvalue weighted by atomic mass is 10.1. The van der Waals surface area contributed by atoms with E-state index in [0.29, 0.717) is 33.7 Å². The molecule has 0 atom stereocenters. The molecule has 0 spiro atoms. The predicted octanol–water partition coefficient (Wildman–Crippen LogP) is 5.71. The van der Waals surface area contributed by atoms with E-state index >= 15 is 0 Å². The molecule has 0 unspecified atom stereocenters. The molecule has 2 aromatic heterocycles. The van der Waals surface area contributed by atoms with Crippen molar-refractivity contribution in [3.8, 4) is 0 Å². The molecular formula is C22H19F3N4O3S. The standard InChI is InChI=1S/C22H19F3N4O3S/c1-12-10-19(18-9-4-15(22(23,24)25)11-20(18)26-12)27-16-5-7-17(8-6-16)33(30,31)29-21-13(2)14(3)28-32-21/h4-11,29H,1-3H3,(H,26,27). The van der Waals surface area contributed by atoms with Gasteiger partial charge < -0.3 is 9.84 Å². The van der Waals surface area contributed by atoms with Crippen molar-refractivity contribution < 1.29 is 26.1 Å². The third kappa shape index (κ3) is 4.63. The number of aromatic nitrogens is 2. The third-order valence-electron chi connectivity index (χ3n) is 5.09. The van der Waals surface area contributed by atoms with Gasteiger partial charge in [0.05, 0.1) is 21.7 Å². The highest BCUT2D eigenvalue weighted by molar-refractivity contribution is 7.92. The molecule has 2 heterocycles. The zero-order valence-electron chi connectivity index (χ0n) is 17.8. The zero-order valence-corrected chi connectivity index (χ0v) is 18.6. The quantitative estimate of drug-likeness (QED) is 0.383. The van der Waals surface area contributed by atoms with Crippen LogP contribution in [0.15, 0.2) is 57.9 Å². The van der Waals surface area contributed by atoms with Crippen molar-refractivity contribution in [2.75, 3.05) is 10.0 Å². The fourth-order valence-corrected chi connectivity index (χ4v) is 4.25. The normalized spacial score (nSPS) is 12.2. The van der Waals surface area contributed by atoms with E-state index in [9.17, 15) is 21.6 Å². The number of sulfonamides is 1. The van der Waals surface area contributed by atoms with Crippen LogP contribution in [-0.2, 0) is 16.2 Å². The average molecular weight is 476 g/mol. The van der Waals surface area contributed by atoms with Gasteiger partial charge in [-0.15, -0.1) is 0 Å². The molecule has 11 heteroatoms. The molecule has 0 radical (unpaired) electrons. The van der Waals surface area contributed by atoms with E-state index in [0.717, 1.165) is 12.1 Å². The van der Waals surface area contributed by atoms with Crippen LogP contribution in [0.1, 0.15) is 22.5 Å². The van der Waals surface area contributed by atoms with E-state index in [-0.39, 0.29) is 16.3 Å². The van der Waals surface area contributed by atoms with Gasteiger partial charge in [-0.2, -0.15) is 13.2 Å². The minimum absolute atomic E-state index is 0.00656. The second kappa shape index (κ2) is 8.07. The van der Waals surface area contributed by atoms with Crippen LogP contribution in [0.3, 0.4) is 0 Å². The van der Waals surface area contributed by atoms with E-state index in [2.05, 4.69) is 20.2 Å². The molecule has 0 aliphatic rings. The number of halogens is 3. The Hall–Kier alpha value is -3.60. The summed E-state index contributed by atoms with van der Waals surface area (Å²) in [5.41, 5.74) is 2.22. The maximum atomic E-state index is 13.1. The molecule has 0 aliphatic carbocycles. The highest BCUT2D eigenvalue weighted by atomic mass is 32.2. The van der Waals surface area contributed by atoms with Crippen molar-refractivity contribution in [1.82, 2.24) is 10.1 Å². The molecule has 2 aromatic carbocycles. The molecule has 0 amide bonds. The van der Waals surface area contributed by atoms with Gasteiger partial charge in [0.25, 0.3) is 10.0 Å². The summed E-state index contributed by atoms with van der Waals surface area (Å²) < 4.78 is 71.8. The summed E-state index contributed by atoms with van der Waals surface area (Å²) in [6, 6.07) is 11.0. The van der Waals surface area contributed by atoms with E-state index in [1.807, 2.05) is 0 Å². The fourth-order valence-electron chi connectivity index (χ4n) is 3.20. The molecule has 0 bridgehead atoms. The summed E-state index contributed by atoms with van der Waals surface area (Å²) in [6.07, 6.45) is -4.47. The first-order valence-electron chi connectivity index (χ1n) is 9.75. The monoisotopic (exact) mass is 476 g/mol. The molecule has 172 valence electrons. The first kappa shape index (κ1) is 22.6. The zero-order chi connectivity index (χ0) is 24.0. The Bertz CT molecular complexity index is 1450. The molecule has 4 aromatic rings. The molecule has 0 saturated carbocycles. The number of fused-ring (bicyclic) bond motifs is 1. The molecule has 7 nitrogen and oxygen atoms in total. The minimum Gasteiger partial charge on any atom is -0.355 e. The Morgan fingerprint density at radius 1 is 0.970 bits per heavy atom. The summed E-state index contributed by atoms with van der Waals surface area (Å²) in [7, 11) is -3.90. The average Bonchev–Trinajstić information content (AvgIpc) is 3.04. The first-order valence-corrected chi connectivity index (χ1v) is 11.2. The largest absolute Gasteiger partial charge is 0.416 e. The maximum absolute atomic E-state index is 13.1. The molecule has 33 heavy (non-hydrogen) atoms. The van der Waals surface area contributed by atoms with Gasteiger partial charge in [-0.3, -0.25) is 4.98 Å². The van der Waals surface area contributed by atoms with Gasteiger partial charge in [-0.25, -0.2) is 13.1 Å². The number of rotatable bonds is 5. The maximum Gasteiger partial charge on any atom is 0.416 e. The van der Waals surface area contributed by atoms with E-state index in [1.54, 1.807) is 39.0 Å². The van der Waals surface area contributed by atoms with Crippen molar-refractivity contribution in [1.29, 1.82) is 0 Å². The second-order valence-electron chi connectivity index (χ2n) is 7.52. The smallest absolute Gasteiger partial charge is 0.355 e. The number of hydrogen-bond donors (Lipinski definition) is 2. The molecular weight excluding hydrogens is 457 g/mol. The number of alkyl halides is 3. The van der Waals surface area contributed by atoms with Crippen LogP contribution in [0.5, 0.6) is 0 Å². The fraction of sp³-hybridized carbons (Fsp3) is 0.182. The highest BCUT2D eigenvalue weighted by Gasteiger charge is 2.30. The number of aryl methyl sites for hydroxylation is 2. The third-order valence-corrected chi connectivity index (χ3v) is 6.44. The Morgan fingerprint density at radius 2 is 1.67 bits per heavy atom. The molecule has 0 fully saturated rings. The van der Waals surface area contributed by atoms with Gasteiger partial charge in [0.15, 0.2) is 0 Å². The number of hydrogen-bond acceptors (Lipinski definition) is 6. The van der Waals surface area contributed by atoms with E-state index < -0.39 is 21.8 Å². The summed E-state index contributed by atoms with van der Waals surface area (Å²) in [6.45, 7) is 5.07. The van der Waals surface area contributed by atoms with E-state index in [4.69, 9.17) is 4.52 Å². The first-order chi connectivity index (χ1) is 15.4. The Morgan fingerprint density at radius 3 is 2.27 bits per heavy atom. The second-order valence-corrected chi connectivity index (χ2v) is 9.20. The van der Waals surface area contributed by atoms with Crippen LogP contribution in [0.2, 0.25) is 0 Å². The molecule has 0 saturated heterocycles. The lowest BCUT2D eigenvalue weighted by molar-refractivity contribution is -0.137. The molecule has 0 aliphatic heterocycles. The number of nitrogens with one attached hydrogen (secondary N) is 2. The van der Waals surface area contributed by atoms with Crippen LogP contribution >= 0.6 is 0 Å². The molecule has 2 N–H and O–H groups in total. The predicted molar refractivity (Wildman–Crippen MR) is 118 cm³/mol. The van der Waals surface area contributed by atoms with Crippen LogP contribution in [0.25, 0.3) is 10.9 Å². The lowest BCUT2D eigenvalue weighted by Gasteiger charge is -2.13. The van der Waals surface area contributed by atoms with Crippen molar-refractivity contribution >= 4 is 38.2 Å². The number of benzene rings is 2. The van der Waals surface area contributed by atoms with Gasteiger partial charge >= 0.3 is 6.18 Å². The minimum atomic E-state index is -4.47. The van der Waals surface area contributed by atoms with Gasteiger partial charge in [-0.05, 0) is 63.2 Å². The Kier molecular flexibility index (Phi) is 5.52. The van der Waals surface area contributed by atoms with E-state index in [1.165, 1.54) is 18.2 Å². The number of pyridine rings is 1. The lowest BCUT2D eigenvalue weighted by Crippen LogP contribution is -2.13. The molecule has 4 rings (SSSR count). The summed E-state index contributed by atoms with van der Waals surface area (Å²) >= 11 is 0. The summed E-state index contributed by atoms with van der Waals surface area (Å²) in [5.74, 6) is 0.0478. The van der Waals surface area contributed by atoms with Gasteiger partial charge in [-0.1, -0.05) is 11.2 Å². The highest BCUT2D eigenvalue weighted by Crippen LogP contribution is 2.34. The van der Waals surface area contributed by atoms with Crippen molar-refractivity contribution in [2.24, 2.45) is 0 Å². The topological polar surface area (TPSA) is 97.1 Å². The van der Waals surface area contributed by atoms with Crippen LogP contribution in [-0.4, -0.2) is 18.6 Å². The SMILES string of the molecule is Cc1cc(Nc2ccc(S(=O)(=O)Nc3onc(C)c3C)cc2)c2ccc(C(F)(F)F)cc2n1. The Labute approximate surface area is 187 Å². The Balaban J connectivity index is 1.61. The van der Waals surface area contributed by atoms with Gasteiger partial charge in [0.2, 0.25) is 5.88 Å². The van der Waals surface area contributed by atoms with Crippen molar-refractivity contribution in [2.45, 2.75) is 31.8 Å². The van der Waals surface area contributed by atoms with Gasteiger partial charge in [0, 0.05) is 28.0 Å². The summed E-state index contributed by atoms with van der Waals surface area (Å²) in [5, 5.41) is 7.35. The number of anilines is 3. The van der Waals surface area contributed by atoms with Crippen molar-refractivity contribution in [3.05, 3.63) is 71.0 Å². The van der Waals surface area contributed by atoms with Crippen LogP contribution in [0, 0.1) is 20.8 Å².